The van der Waals surface area contributed by atoms with E-state index in [0.717, 1.165) is 17.7 Å². The number of benzene rings is 2. The molecule has 2 aromatic carbocycles. The van der Waals surface area contributed by atoms with Gasteiger partial charge in [-0.1, -0.05) is 36.4 Å². The minimum Gasteiger partial charge on any atom is -0.485 e. The molecule has 1 unspecified atom stereocenters. The van der Waals surface area contributed by atoms with Crippen LogP contribution in [0.25, 0.3) is 5.65 Å². The minimum atomic E-state index is -0.711. The predicted molar refractivity (Wildman–Crippen MR) is 137 cm³/mol. The number of carbonyl (C=O) groups excluding carboxylic acids is 2. The summed E-state index contributed by atoms with van der Waals surface area (Å²) in [5.41, 5.74) is 1.70. The fourth-order valence-electron chi connectivity index (χ4n) is 3.84. The molecule has 0 spiro atoms. The zero-order valence-electron chi connectivity index (χ0n) is 21.2. The quantitative estimate of drug-likeness (QED) is 0.325. The van der Waals surface area contributed by atoms with Crippen LogP contribution in [-0.4, -0.2) is 33.5 Å². The number of ether oxygens (including phenoxy) is 2. The lowest BCUT2D eigenvalue weighted by molar-refractivity contribution is 0.0920. The summed E-state index contributed by atoms with van der Waals surface area (Å²) < 4.78 is 40.5. The number of imidazole rings is 1. The molecule has 38 heavy (non-hydrogen) atoms. The van der Waals surface area contributed by atoms with Crippen molar-refractivity contribution < 1.29 is 27.8 Å². The first-order valence-corrected chi connectivity index (χ1v) is 12.1. The van der Waals surface area contributed by atoms with Crippen LogP contribution in [-0.2, 0) is 18.0 Å². The Bertz CT molecular complexity index is 1420. The molecular weight excluding hydrogens is 494 g/mol. The summed E-state index contributed by atoms with van der Waals surface area (Å²) in [5.74, 6) is -1.57. The maximum Gasteiger partial charge on any atom is 0.407 e. The van der Waals surface area contributed by atoms with Gasteiger partial charge in [-0.3, -0.25) is 9.20 Å². The topological polar surface area (TPSA) is 94.0 Å². The summed E-state index contributed by atoms with van der Waals surface area (Å²) in [5, 5.41) is 5.60. The maximum absolute atomic E-state index is 14.0. The first-order valence-electron chi connectivity index (χ1n) is 12.1. The molecule has 0 radical (unpaired) electrons. The molecule has 2 N–H and O–H groups in total. The lowest BCUT2D eigenvalue weighted by Gasteiger charge is -2.22. The number of nitrogens with zero attached hydrogens (tertiary/aromatic N) is 2. The summed E-state index contributed by atoms with van der Waals surface area (Å²) >= 11 is 0. The zero-order chi connectivity index (χ0) is 27.2. The first-order chi connectivity index (χ1) is 18.2. The van der Waals surface area contributed by atoms with E-state index < -0.39 is 35.7 Å². The molecule has 198 valence electrons. The number of hydrogen-bond donors (Lipinski definition) is 2. The van der Waals surface area contributed by atoms with Crippen molar-refractivity contribution in [2.45, 2.75) is 46.1 Å². The molecule has 0 saturated carbocycles. The highest BCUT2D eigenvalue weighted by Gasteiger charge is 2.23. The van der Waals surface area contributed by atoms with Crippen molar-refractivity contribution in [3.63, 3.8) is 0 Å². The molecule has 0 aliphatic carbocycles. The van der Waals surface area contributed by atoms with Crippen LogP contribution in [0.1, 0.15) is 41.2 Å². The Balaban J connectivity index is 1.41. The molecule has 2 atom stereocenters. The molecule has 2 heterocycles. The Morgan fingerprint density at radius 3 is 2.32 bits per heavy atom. The Kier molecular flexibility index (Phi) is 8.20. The summed E-state index contributed by atoms with van der Waals surface area (Å²) in [6.45, 7) is 4.98. The van der Waals surface area contributed by atoms with Gasteiger partial charge in [0.05, 0.1) is 11.3 Å². The second-order valence-corrected chi connectivity index (χ2v) is 8.86. The van der Waals surface area contributed by atoms with E-state index in [2.05, 4.69) is 15.6 Å². The van der Waals surface area contributed by atoms with Crippen LogP contribution < -0.4 is 15.4 Å². The third-order valence-corrected chi connectivity index (χ3v) is 6.10. The number of rotatable bonds is 9. The van der Waals surface area contributed by atoms with Crippen molar-refractivity contribution in [3.8, 4) is 5.75 Å². The highest BCUT2D eigenvalue weighted by molar-refractivity contribution is 5.95. The van der Waals surface area contributed by atoms with E-state index in [1.165, 1.54) is 6.07 Å². The average Bonchev–Trinajstić information content (AvgIpc) is 3.24. The number of aromatic nitrogens is 2. The molecule has 0 aliphatic heterocycles. The Hall–Kier alpha value is -4.47. The van der Waals surface area contributed by atoms with Gasteiger partial charge >= 0.3 is 6.09 Å². The van der Waals surface area contributed by atoms with Gasteiger partial charge in [0.2, 0.25) is 0 Å². The molecule has 0 bridgehead atoms. The Morgan fingerprint density at radius 1 is 0.921 bits per heavy atom. The number of hydrogen-bond acceptors (Lipinski definition) is 5. The van der Waals surface area contributed by atoms with Crippen LogP contribution in [0, 0.1) is 18.6 Å². The van der Waals surface area contributed by atoms with Crippen molar-refractivity contribution in [3.05, 3.63) is 101 Å². The van der Waals surface area contributed by atoms with Crippen LogP contribution in [0.4, 0.5) is 13.6 Å². The standard InChI is InChI=1S/C28H28F2N4O4/c1-17(18(2)33-28(36)38-15-20-9-5-4-6-10-20)32-27(35)25-19(3)31-26-24(13-8-14-34(25)26)37-16-21-22(29)11-7-12-23(21)30/h4-14,17-18H,15-16H2,1-3H3,(H,32,35)(H,33,36)/t17?,18-/m1/s1. The number of nitrogens with one attached hydrogen (secondary N) is 2. The van der Waals surface area contributed by atoms with E-state index in [-0.39, 0.29) is 30.2 Å². The Morgan fingerprint density at radius 2 is 1.61 bits per heavy atom. The van der Waals surface area contributed by atoms with Gasteiger partial charge in [-0.05, 0) is 50.6 Å². The van der Waals surface area contributed by atoms with Crippen molar-refractivity contribution in [1.29, 1.82) is 0 Å². The van der Waals surface area contributed by atoms with Gasteiger partial charge in [0.25, 0.3) is 5.91 Å². The summed E-state index contributed by atoms with van der Waals surface area (Å²) in [6.07, 6.45) is 1.05. The van der Waals surface area contributed by atoms with Gasteiger partial charge in [0, 0.05) is 18.3 Å². The molecule has 10 heteroatoms. The molecular formula is C28H28F2N4O4. The number of halogens is 2. The molecule has 4 rings (SSSR count). The predicted octanol–water partition coefficient (Wildman–Crippen LogP) is 4.93. The van der Waals surface area contributed by atoms with E-state index in [0.29, 0.717) is 11.3 Å². The van der Waals surface area contributed by atoms with Gasteiger partial charge in [-0.2, -0.15) is 0 Å². The summed E-state index contributed by atoms with van der Waals surface area (Å²) in [4.78, 5) is 29.8. The number of alkyl carbamates (subject to hydrolysis) is 1. The van der Waals surface area contributed by atoms with Gasteiger partial charge < -0.3 is 20.1 Å². The van der Waals surface area contributed by atoms with Crippen molar-refractivity contribution >= 4 is 17.6 Å². The summed E-state index contributed by atoms with van der Waals surface area (Å²) in [7, 11) is 0. The van der Waals surface area contributed by atoms with Gasteiger partial charge in [0.15, 0.2) is 11.4 Å². The van der Waals surface area contributed by atoms with Gasteiger partial charge in [0.1, 0.15) is 30.5 Å². The van der Waals surface area contributed by atoms with Gasteiger partial charge in [-0.15, -0.1) is 0 Å². The molecule has 4 aromatic rings. The van der Waals surface area contributed by atoms with Crippen molar-refractivity contribution in [1.82, 2.24) is 20.0 Å². The number of aryl methyl sites for hydroxylation is 1. The fraction of sp³-hybridized carbons (Fsp3) is 0.250. The SMILES string of the molecule is Cc1nc2c(OCc3c(F)cccc3F)cccn2c1C(=O)NC(C)[C@@H](C)NC(=O)OCc1ccccc1. The lowest BCUT2D eigenvalue weighted by atomic mass is 10.1. The van der Waals surface area contributed by atoms with Crippen molar-refractivity contribution in [2.75, 3.05) is 0 Å². The van der Waals surface area contributed by atoms with Crippen molar-refractivity contribution in [2.24, 2.45) is 0 Å². The fourth-order valence-corrected chi connectivity index (χ4v) is 3.84. The molecule has 0 fully saturated rings. The Labute approximate surface area is 218 Å². The number of fused-ring (bicyclic) bond motifs is 1. The molecule has 2 amide bonds. The third-order valence-electron chi connectivity index (χ3n) is 6.10. The zero-order valence-corrected chi connectivity index (χ0v) is 21.2. The molecule has 8 nitrogen and oxygen atoms in total. The number of pyridine rings is 1. The van der Waals surface area contributed by atoms with E-state index in [9.17, 15) is 18.4 Å². The van der Waals surface area contributed by atoms with E-state index in [1.54, 1.807) is 43.5 Å². The smallest absolute Gasteiger partial charge is 0.407 e. The lowest BCUT2D eigenvalue weighted by Crippen LogP contribution is -2.48. The second-order valence-electron chi connectivity index (χ2n) is 8.86. The van der Waals surface area contributed by atoms with E-state index >= 15 is 0 Å². The molecule has 2 aromatic heterocycles. The largest absolute Gasteiger partial charge is 0.485 e. The second kappa shape index (κ2) is 11.7. The molecule has 0 aliphatic rings. The monoisotopic (exact) mass is 522 g/mol. The van der Waals surface area contributed by atoms with Crippen LogP contribution in [0.2, 0.25) is 0 Å². The van der Waals surface area contributed by atoms with Crippen LogP contribution in [0.3, 0.4) is 0 Å². The highest BCUT2D eigenvalue weighted by Crippen LogP contribution is 2.24. The molecule has 0 saturated heterocycles. The van der Waals surface area contributed by atoms with Crippen LogP contribution in [0.15, 0.2) is 66.9 Å². The number of amides is 2. The normalized spacial score (nSPS) is 12.6. The van der Waals surface area contributed by atoms with E-state index in [4.69, 9.17) is 9.47 Å². The number of carbonyl (C=O) groups is 2. The first kappa shape index (κ1) is 26.6. The third kappa shape index (κ3) is 6.08. The van der Waals surface area contributed by atoms with Gasteiger partial charge in [-0.25, -0.2) is 18.6 Å². The highest BCUT2D eigenvalue weighted by atomic mass is 19.1. The maximum atomic E-state index is 14.0. The van der Waals surface area contributed by atoms with Crippen LogP contribution >= 0.6 is 0 Å². The minimum absolute atomic E-state index is 0.134. The summed E-state index contributed by atoms with van der Waals surface area (Å²) in [6, 6.07) is 15.3. The van der Waals surface area contributed by atoms with E-state index in [1.807, 2.05) is 30.3 Å². The average molecular weight is 523 g/mol. The van der Waals surface area contributed by atoms with Crippen LogP contribution in [0.5, 0.6) is 5.75 Å².